The van der Waals surface area contributed by atoms with E-state index in [1.54, 1.807) is 23.7 Å². The number of H-pyrrole nitrogens is 1. The Bertz CT molecular complexity index is 971. The number of nitrogens with zero attached hydrogens (tertiary/aromatic N) is 5. The van der Waals surface area contributed by atoms with Gasteiger partial charge in [-0.05, 0) is 13.0 Å². The number of hydrazine groups is 1. The van der Waals surface area contributed by atoms with Crippen LogP contribution in [0, 0.1) is 0 Å². The van der Waals surface area contributed by atoms with Gasteiger partial charge in [-0.1, -0.05) is 0 Å². The van der Waals surface area contributed by atoms with E-state index in [9.17, 15) is 0 Å². The summed E-state index contributed by atoms with van der Waals surface area (Å²) in [6.07, 6.45) is 7.22. The number of hydrogen-bond donors (Lipinski definition) is 4. The first kappa shape index (κ1) is 15.5. The fourth-order valence-electron chi connectivity index (χ4n) is 2.49. The molecular weight excluding hydrogens is 338 g/mol. The van der Waals surface area contributed by atoms with Gasteiger partial charge >= 0.3 is 0 Å². The zero-order chi connectivity index (χ0) is 17.2. The minimum Gasteiger partial charge on any atom is -0.362 e. The van der Waals surface area contributed by atoms with Gasteiger partial charge in [-0.15, -0.1) is 11.3 Å². The third kappa shape index (κ3) is 3.04. The van der Waals surface area contributed by atoms with Gasteiger partial charge in [-0.25, -0.2) is 15.8 Å². The fourth-order valence-corrected chi connectivity index (χ4v) is 3.41. The number of anilines is 2. The summed E-state index contributed by atoms with van der Waals surface area (Å²) in [5.74, 6) is 6.65. The van der Waals surface area contributed by atoms with Crippen LogP contribution in [0.3, 0.4) is 0 Å². The number of thiophene rings is 1. The van der Waals surface area contributed by atoms with Crippen molar-refractivity contribution in [2.75, 3.05) is 10.7 Å². The second-order valence-electron chi connectivity index (χ2n) is 5.40. The van der Waals surface area contributed by atoms with Crippen LogP contribution in [-0.4, -0.2) is 29.9 Å². The van der Waals surface area contributed by atoms with Crippen molar-refractivity contribution in [2.45, 2.75) is 20.0 Å². The van der Waals surface area contributed by atoms with Crippen molar-refractivity contribution in [3.8, 4) is 11.3 Å². The van der Waals surface area contributed by atoms with E-state index in [0.29, 0.717) is 18.2 Å². The molecule has 0 aliphatic carbocycles. The average Bonchev–Trinajstić information content (AvgIpc) is 3.35. The van der Waals surface area contributed by atoms with E-state index in [4.69, 9.17) is 5.84 Å². The summed E-state index contributed by atoms with van der Waals surface area (Å²) >= 11 is 1.67. The lowest BCUT2D eigenvalue weighted by atomic mass is 10.2. The Kier molecular flexibility index (Phi) is 4.04. The predicted octanol–water partition coefficient (Wildman–Crippen LogP) is 2.20. The maximum Gasteiger partial charge on any atom is 0.183 e. The summed E-state index contributed by atoms with van der Waals surface area (Å²) in [6, 6.07) is 2.07. The summed E-state index contributed by atoms with van der Waals surface area (Å²) in [5, 5.41) is 14.5. The SMILES string of the molecule is CCn1cc(-c2cnc(NN)c(NCc3cc4[nH]ncc4s3)n2)cn1. The lowest BCUT2D eigenvalue weighted by Crippen LogP contribution is -2.13. The van der Waals surface area contributed by atoms with Crippen LogP contribution in [0.2, 0.25) is 0 Å². The van der Waals surface area contributed by atoms with Crippen molar-refractivity contribution in [1.29, 1.82) is 0 Å². The maximum atomic E-state index is 5.56. The van der Waals surface area contributed by atoms with E-state index in [1.807, 2.05) is 24.0 Å². The third-order valence-electron chi connectivity index (χ3n) is 3.77. The highest BCUT2D eigenvalue weighted by atomic mass is 32.1. The molecular formula is C15H17N9S. The zero-order valence-electron chi connectivity index (χ0n) is 13.5. The molecule has 0 aliphatic heterocycles. The second kappa shape index (κ2) is 6.49. The van der Waals surface area contributed by atoms with Crippen molar-refractivity contribution in [3.05, 3.63) is 35.7 Å². The first-order chi connectivity index (χ1) is 12.3. The molecule has 4 rings (SSSR count). The van der Waals surface area contributed by atoms with Gasteiger partial charge in [0.1, 0.15) is 0 Å². The molecule has 0 saturated heterocycles. The molecule has 0 saturated carbocycles. The van der Waals surface area contributed by atoms with E-state index < -0.39 is 0 Å². The number of rotatable bonds is 6. The van der Waals surface area contributed by atoms with Crippen LogP contribution in [0.5, 0.6) is 0 Å². The zero-order valence-corrected chi connectivity index (χ0v) is 14.3. The summed E-state index contributed by atoms with van der Waals surface area (Å²) in [7, 11) is 0. The van der Waals surface area contributed by atoms with E-state index in [-0.39, 0.29) is 0 Å². The molecule has 0 aliphatic rings. The normalized spacial score (nSPS) is 11.1. The highest BCUT2D eigenvalue weighted by Gasteiger charge is 2.11. The van der Waals surface area contributed by atoms with Crippen LogP contribution < -0.4 is 16.6 Å². The highest BCUT2D eigenvalue weighted by molar-refractivity contribution is 7.19. The van der Waals surface area contributed by atoms with Crippen LogP contribution in [0.4, 0.5) is 11.6 Å². The van der Waals surface area contributed by atoms with Gasteiger partial charge in [0.25, 0.3) is 0 Å². The van der Waals surface area contributed by atoms with Crippen LogP contribution in [-0.2, 0) is 13.1 Å². The van der Waals surface area contributed by atoms with E-state index in [2.05, 4.69) is 42.1 Å². The molecule has 4 aromatic heterocycles. The minimum atomic E-state index is 0.496. The fraction of sp³-hybridized carbons (Fsp3) is 0.200. The smallest absolute Gasteiger partial charge is 0.183 e. The van der Waals surface area contributed by atoms with Gasteiger partial charge in [-0.2, -0.15) is 10.2 Å². The Balaban J connectivity index is 1.58. The highest BCUT2D eigenvalue weighted by Crippen LogP contribution is 2.26. The Morgan fingerprint density at radius 1 is 1.28 bits per heavy atom. The number of aryl methyl sites for hydroxylation is 1. The molecule has 4 heterocycles. The van der Waals surface area contributed by atoms with Gasteiger partial charge in [0.15, 0.2) is 11.6 Å². The summed E-state index contributed by atoms with van der Waals surface area (Å²) in [4.78, 5) is 10.1. The van der Waals surface area contributed by atoms with Crippen molar-refractivity contribution >= 4 is 33.2 Å². The molecule has 0 bridgehead atoms. The van der Waals surface area contributed by atoms with Gasteiger partial charge in [0, 0.05) is 23.2 Å². The van der Waals surface area contributed by atoms with Gasteiger partial charge in [-0.3, -0.25) is 9.78 Å². The van der Waals surface area contributed by atoms with Crippen molar-refractivity contribution in [1.82, 2.24) is 29.9 Å². The molecule has 9 nitrogen and oxygen atoms in total. The number of aromatic nitrogens is 6. The molecule has 25 heavy (non-hydrogen) atoms. The topological polar surface area (TPSA) is 122 Å². The molecule has 0 amide bonds. The average molecular weight is 355 g/mol. The molecule has 0 atom stereocenters. The molecule has 4 aromatic rings. The van der Waals surface area contributed by atoms with Crippen molar-refractivity contribution in [3.63, 3.8) is 0 Å². The van der Waals surface area contributed by atoms with Gasteiger partial charge < -0.3 is 10.7 Å². The largest absolute Gasteiger partial charge is 0.362 e. The molecule has 10 heteroatoms. The Morgan fingerprint density at radius 2 is 2.20 bits per heavy atom. The standard InChI is InChI=1S/C15H17N9S/c1-2-24-8-9(4-20-24)12-6-18-15(22-16)14(21-12)17-5-10-3-11-13(25-10)7-19-23-11/h3-4,6-8H,2,5,16H2,1H3,(H,17,21)(H,18,22)(H,19,23). The molecule has 5 N–H and O–H groups in total. The van der Waals surface area contributed by atoms with Gasteiger partial charge in [0.05, 0.1) is 41.0 Å². The van der Waals surface area contributed by atoms with Crippen LogP contribution in [0.1, 0.15) is 11.8 Å². The lowest BCUT2D eigenvalue weighted by Gasteiger charge is -2.10. The molecule has 128 valence electrons. The summed E-state index contributed by atoms with van der Waals surface area (Å²) in [6.45, 7) is 3.46. The van der Waals surface area contributed by atoms with Crippen molar-refractivity contribution < 1.29 is 0 Å². The minimum absolute atomic E-state index is 0.496. The first-order valence-electron chi connectivity index (χ1n) is 7.79. The van der Waals surface area contributed by atoms with E-state index in [0.717, 1.165) is 32.9 Å². The number of fused-ring (bicyclic) bond motifs is 1. The molecule has 0 unspecified atom stereocenters. The molecule has 0 radical (unpaired) electrons. The molecule has 0 fully saturated rings. The number of nitrogen functional groups attached to an aromatic ring is 1. The van der Waals surface area contributed by atoms with E-state index >= 15 is 0 Å². The van der Waals surface area contributed by atoms with Crippen LogP contribution in [0.15, 0.2) is 30.9 Å². The Labute approximate surface area is 147 Å². The second-order valence-corrected chi connectivity index (χ2v) is 6.56. The maximum absolute atomic E-state index is 5.56. The molecule has 0 spiro atoms. The van der Waals surface area contributed by atoms with Crippen molar-refractivity contribution in [2.24, 2.45) is 5.84 Å². The number of aromatic amines is 1. The molecule has 0 aromatic carbocycles. The Morgan fingerprint density at radius 3 is 2.96 bits per heavy atom. The monoisotopic (exact) mass is 355 g/mol. The third-order valence-corrected chi connectivity index (χ3v) is 4.84. The quantitative estimate of drug-likeness (QED) is 0.309. The number of nitrogens with two attached hydrogens (primary N) is 1. The van der Waals surface area contributed by atoms with Crippen LogP contribution >= 0.6 is 11.3 Å². The first-order valence-corrected chi connectivity index (χ1v) is 8.60. The number of nitrogens with one attached hydrogen (secondary N) is 3. The van der Waals surface area contributed by atoms with Gasteiger partial charge in [0.2, 0.25) is 0 Å². The predicted molar refractivity (Wildman–Crippen MR) is 98.0 cm³/mol. The summed E-state index contributed by atoms with van der Waals surface area (Å²) in [5.41, 5.74) is 5.26. The summed E-state index contributed by atoms with van der Waals surface area (Å²) < 4.78 is 2.97. The van der Waals surface area contributed by atoms with E-state index in [1.165, 1.54) is 0 Å². The van der Waals surface area contributed by atoms with Crippen LogP contribution in [0.25, 0.3) is 21.5 Å². The number of hydrogen-bond acceptors (Lipinski definition) is 8. The Hall–Kier alpha value is -2.98. The lowest BCUT2D eigenvalue weighted by molar-refractivity contribution is 0.660.